The quantitative estimate of drug-likeness (QED) is 0.202. The molecule has 42 heavy (non-hydrogen) atoms. The Morgan fingerprint density at radius 1 is 0.786 bits per heavy atom. The van der Waals surface area contributed by atoms with Gasteiger partial charge in [-0.15, -0.1) is 0 Å². The van der Waals surface area contributed by atoms with E-state index in [0.29, 0.717) is 16.5 Å². The second kappa shape index (κ2) is 11.5. The number of benzene rings is 4. The van der Waals surface area contributed by atoms with Crippen LogP contribution >= 0.6 is 23.2 Å². The van der Waals surface area contributed by atoms with E-state index >= 15 is 0 Å². The molecule has 4 aromatic carbocycles. The van der Waals surface area contributed by atoms with Gasteiger partial charge in [0.1, 0.15) is 11.6 Å². The Morgan fingerprint density at radius 2 is 1.55 bits per heavy atom. The van der Waals surface area contributed by atoms with Crippen molar-refractivity contribution >= 4 is 39.9 Å². The van der Waals surface area contributed by atoms with Crippen LogP contribution in [0.5, 0.6) is 0 Å². The van der Waals surface area contributed by atoms with E-state index in [9.17, 15) is 4.79 Å². The average molecular weight is 594 g/mol. The number of pyridine rings is 1. The summed E-state index contributed by atoms with van der Waals surface area (Å²) in [5, 5.41) is 5.97. The summed E-state index contributed by atoms with van der Waals surface area (Å²) in [6.45, 7) is 2.14. The Hall–Kier alpha value is -4.32. The summed E-state index contributed by atoms with van der Waals surface area (Å²) in [6.07, 6.45) is 0.634. The lowest BCUT2D eigenvalue weighted by molar-refractivity contribution is 0.841. The number of aryl methyl sites for hydroxylation is 1. The van der Waals surface area contributed by atoms with E-state index in [-0.39, 0.29) is 11.6 Å². The zero-order valence-corrected chi connectivity index (χ0v) is 25.1. The molecule has 0 aliphatic heterocycles. The van der Waals surface area contributed by atoms with Crippen LogP contribution in [0.1, 0.15) is 29.8 Å². The second-order valence-electron chi connectivity index (χ2n) is 10.6. The fraction of sp³-hybridized carbons (Fsp3) is 0.143. The van der Waals surface area contributed by atoms with E-state index in [0.717, 1.165) is 50.5 Å². The Bertz CT molecular complexity index is 1960. The van der Waals surface area contributed by atoms with Crippen molar-refractivity contribution in [3.63, 3.8) is 0 Å². The highest BCUT2D eigenvalue weighted by molar-refractivity contribution is 6.31. The van der Waals surface area contributed by atoms with Gasteiger partial charge in [-0.3, -0.25) is 4.79 Å². The molecule has 5 nitrogen and oxygen atoms in total. The van der Waals surface area contributed by atoms with Crippen molar-refractivity contribution in [2.75, 3.05) is 5.32 Å². The van der Waals surface area contributed by atoms with Crippen molar-refractivity contribution in [3.8, 4) is 22.5 Å². The van der Waals surface area contributed by atoms with E-state index < -0.39 is 0 Å². The molecule has 6 aromatic rings. The number of fused-ring (bicyclic) bond motifs is 1. The molecule has 7 heteroatoms. The van der Waals surface area contributed by atoms with Crippen LogP contribution in [0.25, 0.3) is 33.4 Å². The van der Waals surface area contributed by atoms with Gasteiger partial charge in [0, 0.05) is 47.6 Å². The third kappa shape index (κ3) is 5.46. The van der Waals surface area contributed by atoms with Crippen LogP contribution in [-0.2, 0) is 20.5 Å². The van der Waals surface area contributed by atoms with Crippen molar-refractivity contribution in [2.45, 2.75) is 19.4 Å². The number of aromatic nitrogens is 3. The van der Waals surface area contributed by atoms with Crippen LogP contribution in [-0.4, -0.2) is 14.1 Å². The lowest BCUT2D eigenvalue weighted by Gasteiger charge is -2.16. The number of halogens is 2. The van der Waals surface area contributed by atoms with Gasteiger partial charge in [0.05, 0.1) is 17.3 Å². The monoisotopic (exact) mass is 592 g/mol. The van der Waals surface area contributed by atoms with E-state index in [2.05, 4.69) is 41.1 Å². The zero-order valence-electron chi connectivity index (χ0n) is 23.6. The van der Waals surface area contributed by atoms with Crippen LogP contribution < -0.4 is 10.9 Å². The fourth-order valence-corrected chi connectivity index (χ4v) is 5.76. The van der Waals surface area contributed by atoms with E-state index in [1.54, 1.807) is 17.7 Å². The highest BCUT2D eigenvalue weighted by Crippen LogP contribution is 2.33. The summed E-state index contributed by atoms with van der Waals surface area (Å²) < 4.78 is 3.83. The summed E-state index contributed by atoms with van der Waals surface area (Å²) in [5.41, 5.74) is 6.89. The number of nitrogens with one attached hydrogen (secondary N) is 1. The molecule has 6 rings (SSSR count). The molecular formula is C35H30Cl2N4O. The molecule has 1 N–H and O–H groups in total. The van der Waals surface area contributed by atoms with Crippen molar-refractivity contribution in [2.24, 2.45) is 14.1 Å². The maximum absolute atomic E-state index is 12.9. The fourth-order valence-electron chi connectivity index (χ4n) is 5.44. The molecule has 1 unspecified atom stereocenters. The first-order valence-electron chi connectivity index (χ1n) is 13.8. The maximum Gasteiger partial charge on any atom is 0.251 e. The molecule has 2 heterocycles. The highest BCUT2D eigenvalue weighted by Gasteiger charge is 2.20. The minimum atomic E-state index is -0.0640. The standard InChI is InChI=1S/C35H30Cl2N4O/c1-22(24-8-5-4-6-9-24)38-34-32(41(3)35(39-34)25-13-15-27(36)16-14-25)19-23-12-17-31-30(18-23)29(21-33(42)40(31)2)26-10-7-11-28(37)20-26/h4-18,20-22,38H,19H2,1-3H3. The first-order valence-corrected chi connectivity index (χ1v) is 14.6. The number of rotatable bonds is 7. The van der Waals surface area contributed by atoms with E-state index in [1.165, 1.54) is 5.56 Å². The summed E-state index contributed by atoms with van der Waals surface area (Å²) >= 11 is 12.5. The molecule has 210 valence electrons. The number of hydrogen-bond acceptors (Lipinski definition) is 3. The zero-order chi connectivity index (χ0) is 29.4. The molecule has 0 radical (unpaired) electrons. The van der Waals surface area contributed by atoms with Gasteiger partial charge in [-0.2, -0.15) is 0 Å². The molecule has 0 aliphatic carbocycles. The Morgan fingerprint density at radius 3 is 2.29 bits per heavy atom. The third-order valence-electron chi connectivity index (χ3n) is 7.79. The lowest BCUT2D eigenvalue weighted by atomic mass is 9.98. The van der Waals surface area contributed by atoms with Crippen molar-refractivity contribution < 1.29 is 0 Å². The van der Waals surface area contributed by atoms with Crippen LogP contribution in [0.3, 0.4) is 0 Å². The second-order valence-corrected chi connectivity index (χ2v) is 11.4. The summed E-state index contributed by atoms with van der Waals surface area (Å²) in [7, 11) is 3.85. The van der Waals surface area contributed by atoms with Gasteiger partial charge in [0.2, 0.25) is 0 Å². The predicted octanol–water partition coefficient (Wildman–Crippen LogP) is 8.68. The molecule has 0 amide bonds. The van der Waals surface area contributed by atoms with Crippen molar-refractivity contribution in [1.82, 2.24) is 14.1 Å². The van der Waals surface area contributed by atoms with Gasteiger partial charge in [0.15, 0.2) is 0 Å². The van der Waals surface area contributed by atoms with Gasteiger partial charge in [0.25, 0.3) is 5.56 Å². The average Bonchev–Trinajstić information content (AvgIpc) is 3.29. The minimum Gasteiger partial charge on any atom is -0.362 e. The summed E-state index contributed by atoms with van der Waals surface area (Å²) in [5.74, 6) is 1.68. The predicted molar refractivity (Wildman–Crippen MR) is 175 cm³/mol. The Balaban J connectivity index is 1.46. The highest BCUT2D eigenvalue weighted by atomic mass is 35.5. The van der Waals surface area contributed by atoms with E-state index in [4.69, 9.17) is 28.2 Å². The van der Waals surface area contributed by atoms with Crippen molar-refractivity contribution in [3.05, 3.63) is 140 Å². The van der Waals surface area contributed by atoms with Crippen LogP contribution in [0.2, 0.25) is 10.0 Å². The van der Waals surface area contributed by atoms with Crippen LogP contribution in [0.15, 0.2) is 108 Å². The van der Waals surface area contributed by atoms with Crippen LogP contribution in [0.4, 0.5) is 5.82 Å². The SMILES string of the molecule is CC(Nc1nc(-c2ccc(Cl)cc2)n(C)c1Cc1ccc2c(c1)c(-c1cccc(Cl)c1)cc(=O)n2C)c1ccccc1. The van der Waals surface area contributed by atoms with Gasteiger partial charge >= 0.3 is 0 Å². The molecule has 1 atom stereocenters. The summed E-state index contributed by atoms with van der Waals surface area (Å²) in [4.78, 5) is 17.9. The molecule has 0 fully saturated rings. The van der Waals surface area contributed by atoms with Gasteiger partial charge in [-0.1, -0.05) is 71.7 Å². The smallest absolute Gasteiger partial charge is 0.251 e. The number of nitrogens with zero attached hydrogens (tertiary/aromatic N) is 3. The Labute approximate surface area is 255 Å². The third-order valence-corrected chi connectivity index (χ3v) is 8.27. The Kier molecular flexibility index (Phi) is 7.63. The largest absolute Gasteiger partial charge is 0.362 e. The number of imidazole rings is 1. The topological polar surface area (TPSA) is 51.9 Å². The molecule has 0 bridgehead atoms. The normalized spacial score (nSPS) is 12.0. The lowest BCUT2D eigenvalue weighted by Crippen LogP contribution is -2.16. The molecule has 0 saturated heterocycles. The minimum absolute atomic E-state index is 0.0541. The van der Waals surface area contributed by atoms with E-state index in [1.807, 2.05) is 79.8 Å². The number of anilines is 1. The van der Waals surface area contributed by atoms with Gasteiger partial charge in [-0.25, -0.2) is 4.98 Å². The molecular weight excluding hydrogens is 563 g/mol. The first kappa shape index (κ1) is 27.8. The van der Waals surface area contributed by atoms with Gasteiger partial charge in [-0.05, 0) is 77.7 Å². The van der Waals surface area contributed by atoms with Gasteiger partial charge < -0.3 is 14.5 Å². The number of hydrogen-bond donors (Lipinski definition) is 1. The molecule has 0 aliphatic rings. The summed E-state index contributed by atoms with van der Waals surface area (Å²) in [6, 6.07) is 33.8. The first-order chi connectivity index (χ1) is 20.3. The maximum atomic E-state index is 12.9. The molecule has 2 aromatic heterocycles. The van der Waals surface area contributed by atoms with Crippen LogP contribution in [0, 0.1) is 0 Å². The van der Waals surface area contributed by atoms with Crippen molar-refractivity contribution in [1.29, 1.82) is 0 Å². The molecule has 0 spiro atoms. The molecule has 0 saturated carbocycles.